The van der Waals surface area contributed by atoms with Crippen LogP contribution in [0.5, 0.6) is 11.5 Å². The van der Waals surface area contributed by atoms with E-state index in [-0.39, 0.29) is 0 Å². The van der Waals surface area contributed by atoms with Crippen molar-refractivity contribution in [1.82, 2.24) is 5.43 Å². The molecular weight excluding hydrogens is 330 g/mol. The quantitative estimate of drug-likeness (QED) is 0.489. The van der Waals surface area contributed by atoms with Gasteiger partial charge < -0.3 is 14.8 Å². The molecule has 0 saturated heterocycles. The minimum atomic E-state index is 0.407. The SMILES string of the molecule is COc1ccc(NC(=S)N/N=C(/C)c2ccc(C)s2)cc1OC. The molecule has 1 aromatic heterocycles. The zero-order chi connectivity index (χ0) is 16.8. The predicted molar refractivity (Wildman–Crippen MR) is 100 cm³/mol. The Kier molecular flexibility index (Phi) is 5.95. The van der Waals surface area contributed by atoms with Crippen LogP contribution in [-0.2, 0) is 0 Å². The lowest BCUT2D eigenvalue weighted by Gasteiger charge is -2.11. The summed E-state index contributed by atoms with van der Waals surface area (Å²) in [5.41, 5.74) is 4.53. The van der Waals surface area contributed by atoms with Crippen LogP contribution in [0.3, 0.4) is 0 Å². The van der Waals surface area contributed by atoms with Gasteiger partial charge in [-0.05, 0) is 50.3 Å². The molecule has 0 aliphatic rings. The normalized spacial score (nSPS) is 11.0. The number of nitrogens with zero attached hydrogens (tertiary/aromatic N) is 1. The number of hydrogen-bond donors (Lipinski definition) is 2. The molecule has 2 N–H and O–H groups in total. The Morgan fingerprint density at radius 2 is 1.87 bits per heavy atom. The van der Waals surface area contributed by atoms with E-state index in [2.05, 4.69) is 28.8 Å². The number of ether oxygens (including phenoxy) is 2. The predicted octanol–water partition coefficient (Wildman–Crippen LogP) is 3.78. The lowest BCUT2D eigenvalue weighted by molar-refractivity contribution is 0.355. The largest absolute Gasteiger partial charge is 0.493 e. The van der Waals surface area contributed by atoms with Crippen LogP contribution >= 0.6 is 23.6 Å². The van der Waals surface area contributed by atoms with Crippen LogP contribution in [0.25, 0.3) is 0 Å². The molecule has 7 heteroatoms. The topological polar surface area (TPSA) is 54.9 Å². The van der Waals surface area contributed by atoms with Crippen LogP contribution in [-0.4, -0.2) is 25.0 Å². The number of nitrogens with one attached hydrogen (secondary N) is 2. The van der Waals surface area contributed by atoms with Crippen LogP contribution in [0.2, 0.25) is 0 Å². The molecule has 2 aromatic rings. The standard InChI is InChI=1S/C16H19N3O2S2/c1-10-5-8-15(23-10)11(2)18-19-16(22)17-12-6-7-13(20-3)14(9-12)21-4/h5-9H,1-4H3,(H2,17,19,22)/b18-11-. The molecule has 0 unspecified atom stereocenters. The Bertz CT molecular complexity index is 726. The van der Waals surface area contributed by atoms with E-state index in [4.69, 9.17) is 21.7 Å². The van der Waals surface area contributed by atoms with Gasteiger partial charge in [-0.1, -0.05) is 0 Å². The first-order chi connectivity index (χ1) is 11.0. The molecule has 0 aliphatic carbocycles. The maximum absolute atomic E-state index is 5.26. The molecule has 122 valence electrons. The minimum Gasteiger partial charge on any atom is -0.493 e. The zero-order valence-corrected chi connectivity index (χ0v) is 15.1. The van der Waals surface area contributed by atoms with Gasteiger partial charge in [0.05, 0.1) is 24.8 Å². The Morgan fingerprint density at radius 3 is 2.48 bits per heavy atom. The van der Waals surface area contributed by atoms with Gasteiger partial charge in [-0.15, -0.1) is 11.3 Å². The number of hydrogen-bond acceptors (Lipinski definition) is 5. The minimum absolute atomic E-state index is 0.407. The number of benzene rings is 1. The first kappa shape index (κ1) is 17.2. The van der Waals surface area contributed by atoms with Crippen molar-refractivity contribution >= 4 is 40.1 Å². The second-order valence-corrected chi connectivity index (χ2v) is 6.44. The zero-order valence-electron chi connectivity index (χ0n) is 13.5. The van der Waals surface area contributed by atoms with Gasteiger partial charge in [-0.3, -0.25) is 5.43 Å². The molecule has 1 heterocycles. The van der Waals surface area contributed by atoms with E-state index in [9.17, 15) is 0 Å². The van der Waals surface area contributed by atoms with Gasteiger partial charge in [-0.2, -0.15) is 5.10 Å². The highest BCUT2D eigenvalue weighted by Gasteiger charge is 2.06. The third-order valence-corrected chi connectivity index (χ3v) is 4.37. The molecule has 1 aromatic carbocycles. The highest BCUT2D eigenvalue weighted by atomic mass is 32.1. The monoisotopic (exact) mass is 349 g/mol. The van der Waals surface area contributed by atoms with E-state index in [1.165, 1.54) is 4.88 Å². The highest BCUT2D eigenvalue weighted by molar-refractivity contribution is 7.80. The van der Waals surface area contributed by atoms with Crippen LogP contribution in [0.15, 0.2) is 35.4 Å². The van der Waals surface area contributed by atoms with E-state index in [1.54, 1.807) is 25.6 Å². The molecule has 5 nitrogen and oxygen atoms in total. The third-order valence-electron chi connectivity index (χ3n) is 3.06. The second kappa shape index (κ2) is 7.94. The van der Waals surface area contributed by atoms with E-state index < -0.39 is 0 Å². The summed E-state index contributed by atoms with van der Waals surface area (Å²) in [5, 5.41) is 7.77. The van der Waals surface area contributed by atoms with Crippen molar-refractivity contribution in [3.8, 4) is 11.5 Å². The summed E-state index contributed by atoms with van der Waals surface area (Å²) < 4.78 is 10.5. The first-order valence-electron chi connectivity index (χ1n) is 6.93. The molecule has 0 atom stereocenters. The molecule has 0 aliphatic heterocycles. The highest BCUT2D eigenvalue weighted by Crippen LogP contribution is 2.29. The summed E-state index contributed by atoms with van der Waals surface area (Å²) in [6.07, 6.45) is 0. The summed E-state index contributed by atoms with van der Waals surface area (Å²) in [5.74, 6) is 1.30. The number of aryl methyl sites for hydroxylation is 1. The maximum Gasteiger partial charge on any atom is 0.191 e. The number of methoxy groups -OCH3 is 2. The van der Waals surface area contributed by atoms with Crippen molar-refractivity contribution < 1.29 is 9.47 Å². The number of rotatable bonds is 5. The van der Waals surface area contributed by atoms with Crippen molar-refractivity contribution in [2.75, 3.05) is 19.5 Å². The van der Waals surface area contributed by atoms with E-state index in [1.807, 2.05) is 31.2 Å². The Balaban J connectivity index is 1.99. The third kappa shape index (κ3) is 4.67. The number of hydrazone groups is 1. The smallest absolute Gasteiger partial charge is 0.191 e. The van der Waals surface area contributed by atoms with Crippen molar-refractivity contribution in [3.63, 3.8) is 0 Å². The van der Waals surface area contributed by atoms with Gasteiger partial charge in [0.2, 0.25) is 0 Å². The number of anilines is 1. The Hall–Kier alpha value is -2.12. The molecule has 0 amide bonds. The summed E-state index contributed by atoms with van der Waals surface area (Å²) in [7, 11) is 3.19. The molecule has 0 saturated carbocycles. The van der Waals surface area contributed by atoms with Crippen LogP contribution in [0, 0.1) is 6.92 Å². The van der Waals surface area contributed by atoms with Crippen molar-refractivity contribution in [3.05, 3.63) is 40.1 Å². The van der Waals surface area contributed by atoms with E-state index in [0.717, 1.165) is 16.3 Å². The fourth-order valence-electron chi connectivity index (χ4n) is 1.89. The lowest BCUT2D eigenvalue weighted by atomic mass is 10.3. The summed E-state index contributed by atoms with van der Waals surface area (Å²) in [6.45, 7) is 4.01. The van der Waals surface area contributed by atoms with E-state index >= 15 is 0 Å². The van der Waals surface area contributed by atoms with Gasteiger partial charge in [0.25, 0.3) is 0 Å². The Morgan fingerprint density at radius 1 is 1.13 bits per heavy atom. The lowest BCUT2D eigenvalue weighted by Crippen LogP contribution is -2.24. The molecule has 0 fully saturated rings. The fourth-order valence-corrected chi connectivity index (χ4v) is 2.87. The van der Waals surface area contributed by atoms with Crippen molar-refractivity contribution in [2.24, 2.45) is 5.10 Å². The van der Waals surface area contributed by atoms with Gasteiger partial charge in [0.1, 0.15) is 0 Å². The fraction of sp³-hybridized carbons (Fsp3) is 0.250. The molecular formula is C16H19N3O2S2. The van der Waals surface area contributed by atoms with Gasteiger partial charge in [-0.25, -0.2) is 0 Å². The van der Waals surface area contributed by atoms with Gasteiger partial charge >= 0.3 is 0 Å². The van der Waals surface area contributed by atoms with Crippen LogP contribution in [0.1, 0.15) is 16.7 Å². The maximum atomic E-state index is 5.26. The van der Waals surface area contributed by atoms with Gasteiger partial charge in [0.15, 0.2) is 16.6 Å². The average molecular weight is 349 g/mol. The van der Waals surface area contributed by atoms with Crippen LogP contribution < -0.4 is 20.2 Å². The first-order valence-corrected chi connectivity index (χ1v) is 8.16. The molecule has 0 spiro atoms. The Labute approximate surface area is 145 Å². The molecule has 2 rings (SSSR count). The molecule has 0 radical (unpaired) electrons. The second-order valence-electron chi connectivity index (χ2n) is 4.74. The average Bonchev–Trinajstić information content (AvgIpc) is 2.99. The summed E-state index contributed by atoms with van der Waals surface area (Å²) in [4.78, 5) is 2.37. The summed E-state index contributed by atoms with van der Waals surface area (Å²) >= 11 is 6.95. The number of thiophene rings is 1. The van der Waals surface area contributed by atoms with Gasteiger partial charge in [0, 0.05) is 16.6 Å². The molecule has 0 bridgehead atoms. The summed E-state index contributed by atoms with van der Waals surface area (Å²) in [6, 6.07) is 9.60. The number of thiocarbonyl (C=S) groups is 1. The van der Waals surface area contributed by atoms with Crippen molar-refractivity contribution in [1.29, 1.82) is 0 Å². The molecule has 23 heavy (non-hydrogen) atoms. The van der Waals surface area contributed by atoms with Crippen LogP contribution in [0.4, 0.5) is 5.69 Å². The van der Waals surface area contributed by atoms with E-state index in [0.29, 0.717) is 16.6 Å². The van der Waals surface area contributed by atoms with Crippen molar-refractivity contribution in [2.45, 2.75) is 13.8 Å².